The molecule has 3 amide bonds. The lowest BCUT2D eigenvalue weighted by Crippen LogP contribution is -2.26. The zero-order valence-electron chi connectivity index (χ0n) is 18.1. The van der Waals surface area contributed by atoms with Gasteiger partial charge in [0.25, 0.3) is 11.8 Å². The monoisotopic (exact) mass is 430 g/mol. The van der Waals surface area contributed by atoms with E-state index in [0.717, 1.165) is 11.4 Å². The number of anilines is 3. The first-order valence-electron chi connectivity index (χ1n) is 10.3. The molecule has 32 heavy (non-hydrogen) atoms. The standard InChI is InChI=1S/C25H26N4O3/c1-3-26-24(31)19-8-7-9-21(16-19)28-23(30)17-27-20-14-12-18(13-15-20)25(32)29(2)22-10-5-4-6-11-22/h4-16,27H,3,17H2,1-2H3,(H,26,31)(H,28,30). The molecular formula is C25H26N4O3. The van der Waals surface area contributed by atoms with E-state index in [4.69, 9.17) is 0 Å². The summed E-state index contributed by atoms with van der Waals surface area (Å²) in [5, 5.41) is 8.53. The van der Waals surface area contributed by atoms with Crippen molar-refractivity contribution in [3.8, 4) is 0 Å². The first kappa shape index (κ1) is 22.6. The first-order valence-corrected chi connectivity index (χ1v) is 10.3. The average molecular weight is 431 g/mol. The molecule has 0 heterocycles. The van der Waals surface area contributed by atoms with Crippen LogP contribution in [0.3, 0.4) is 0 Å². The molecule has 7 nitrogen and oxygen atoms in total. The van der Waals surface area contributed by atoms with E-state index in [9.17, 15) is 14.4 Å². The summed E-state index contributed by atoms with van der Waals surface area (Å²) < 4.78 is 0. The topological polar surface area (TPSA) is 90.5 Å². The number of benzene rings is 3. The predicted molar refractivity (Wildman–Crippen MR) is 127 cm³/mol. The van der Waals surface area contributed by atoms with Crippen LogP contribution in [-0.2, 0) is 4.79 Å². The predicted octanol–water partition coefficient (Wildman–Crippen LogP) is 3.76. The molecule has 0 aliphatic rings. The van der Waals surface area contributed by atoms with Gasteiger partial charge in [0.1, 0.15) is 0 Å². The van der Waals surface area contributed by atoms with Crippen LogP contribution in [0, 0.1) is 0 Å². The zero-order chi connectivity index (χ0) is 22.9. The van der Waals surface area contributed by atoms with Crippen LogP contribution in [0.5, 0.6) is 0 Å². The molecule has 7 heteroatoms. The van der Waals surface area contributed by atoms with Gasteiger partial charge < -0.3 is 20.9 Å². The van der Waals surface area contributed by atoms with Crippen LogP contribution in [0.1, 0.15) is 27.6 Å². The van der Waals surface area contributed by atoms with Crippen molar-refractivity contribution in [1.29, 1.82) is 0 Å². The summed E-state index contributed by atoms with van der Waals surface area (Å²) in [6.07, 6.45) is 0. The second-order valence-electron chi connectivity index (χ2n) is 7.12. The molecule has 3 rings (SSSR count). The lowest BCUT2D eigenvalue weighted by molar-refractivity contribution is -0.114. The maximum absolute atomic E-state index is 12.7. The summed E-state index contributed by atoms with van der Waals surface area (Å²) in [5.41, 5.74) is 3.11. The summed E-state index contributed by atoms with van der Waals surface area (Å²) in [4.78, 5) is 38.5. The molecule has 0 aliphatic carbocycles. The Bertz CT molecular complexity index is 1080. The minimum Gasteiger partial charge on any atom is -0.376 e. The third-order valence-corrected chi connectivity index (χ3v) is 4.78. The molecule has 0 radical (unpaired) electrons. The van der Waals surface area contributed by atoms with E-state index in [1.165, 1.54) is 0 Å². The summed E-state index contributed by atoms with van der Waals surface area (Å²) in [5.74, 6) is -0.552. The lowest BCUT2D eigenvalue weighted by Gasteiger charge is -2.17. The number of rotatable bonds is 8. The van der Waals surface area contributed by atoms with Crippen LogP contribution in [0.4, 0.5) is 17.1 Å². The Morgan fingerprint density at radius 2 is 1.53 bits per heavy atom. The lowest BCUT2D eigenvalue weighted by atomic mass is 10.1. The minimum absolute atomic E-state index is 0.0442. The normalized spacial score (nSPS) is 10.2. The molecule has 0 fully saturated rings. The van der Waals surface area contributed by atoms with Crippen LogP contribution in [0.15, 0.2) is 78.9 Å². The van der Waals surface area contributed by atoms with Crippen LogP contribution in [-0.4, -0.2) is 37.9 Å². The molecule has 0 saturated heterocycles. The number of carbonyl (C=O) groups is 3. The maximum atomic E-state index is 12.7. The fraction of sp³-hybridized carbons (Fsp3) is 0.160. The van der Waals surface area contributed by atoms with Crippen molar-refractivity contribution < 1.29 is 14.4 Å². The van der Waals surface area contributed by atoms with Gasteiger partial charge in [0.05, 0.1) is 6.54 Å². The van der Waals surface area contributed by atoms with Crippen molar-refractivity contribution in [3.63, 3.8) is 0 Å². The fourth-order valence-corrected chi connectivity index (χ4v) is 3.08. The number of hydrogen-bond acceptors (Lipinski definition) is 4. The molecule has 0 spiro atoms. The third-order valence-electron chi connectivity index (χ3n) is 4.78. The van der Waals surface area contributed by atoms with E-state index >= 15 is 0 Å². The third kappa shape index (κ3) is 5.95. The molecule has 3 aromatic carbocycles. The summed E-state index contributed by atoms with van der Waals surface area (Å²) in [6, 6.07) is 23.1. The van der Waals surface area contributed by atoms with Crippen molar-refractivity contribution >= 4 is 34.8 Å². The minimum atomic E-state index is -0.248. The first-order chi connectivity index (χ1) is 15.5. The van der Waals surface area contributed by atoms with Crippen molar-refractivity contribution in [1.82, 2.24) is 5.32 Å². The molecule has 0 unspecified atom stereocenters. The summed E-state index contributed by atoms with van der Waals surface area (Å²) in [7, 11) is 1.73. The number of amides is 3. The van der Waals surface area contributed by atoms with Crippen LogP contribution in [0.2, 0.25) is 0 Å². The Morgan fingerprint density at radius 1 is 0.812 bits per heavy atom. The van der Waals surface area contributed by atoms with Gasteiger partial charge in [-0.25, -0.2) is 0 Å². The highest BCUT2D eigenvalue weighted by atomic mass is 16.2. The highest BCUT2D eigenvalue weighted by Crippen LogP contribution is 2.17. The van der Waals surface area contributed by atoms with Crippen LogP contribution >= 0.6 is 0 Å². The molecule has 0 aliphatic heterocycles. The molecule has 3 aromatic rings. The Labute approximate surface area is 187 Å². The number of nitrogens with zero attached hydrogens (tertiary/aromatic N) is 1. The van der Waals surface area contributed by atoms with E-state index in [2.05, 4.69) is 16.0 Å². The maximum Gasteiger partial charge on any atom is 0.258 e. The highest BCUT2D eigenvalue weighted by molar-refractivity contribution is 6.06. The Kier molecular flexibility index (Phi) is 7.59. The molecule has 164 valence electrons. The van der Waals surface area contributed by atoms with Gasteiger partial charge in [-0.2, -0.15) is 0 Å². The Balaban J connectivity index is 1.54. The fourth-order valence-electron chi connectivity index (χ4n) is 3.08. The van der Waals surface area contributed by atoms with Crippen molar-refractivity contribution in [2.45, 2.75) is 6.92 Å². The molecule has 0 saturated carbocycles. The van der Waals surface area contributed by atoms with Crippen molar-refractivity contribution in [2.75, 3.05) is 35.7 Å². The van der Waals surface area contributed by atoms with Gasteiger partial charge in [0.15, 0.2) is 0 Å². The summed E-state index contributed by atoms with van der Waals surface area (Å²) >= 11 is 0. The van der Waals surface area contributed by atoms with Crippen molar-refractivity contribution in [2.24, 2.45) is 0 Å². The Hall–Kier alpha value is -4.13. The van der Waals surface area contributed by atoms with Crippen LogP contribution in [0.25, 0.3) is 0 Å². The van der Waals surface area contributed by atoms with Gasteiger partial charge in [0, 0.05) is 41.8 Å². The second kappa shape index (κ2) is 10.8. The van der Waals surface area contributed by atoms with E-state index in [1.807, 2.05) is 37.3 Å². The quantitative estimate of drug-likeness (QED) is 0.508. The van der Waals surface area contributed by atoms with E-state index in [1.54, 1.807) is 60.5 Å². The number of carbonyl (C=O) groups excluding carboxylic acids is 3. The molecule has 3 N–H and O–H groups in total. The van der Waals surface area contributed by atoms with E-state index < -0.39 is 0 Å². The van der Waals surface area contributed by atoms with Gasteiger partial charge >= 0.3 is 0 Å². The number of para-hydroxylation sites is 1. The molecular weight excluding hydrogens is 404 g/mol. The van der Waals surface area contributed by atoms with E-state index in [-0.39, 0.29) is 24.3 Å². The number of nitrogens with one attached hydrogen (secondary N) is 3. The second-order valence-corrected chi connectivity index (χ2v) is 7.12. The van der Waals surface area contributed by atoms with Gasteiger partial charge in [0.2, 0.25) is 5.91 Å². The smallest absolute Gasteiger partial charge is 0.258 e. The molecule has 0 aromatic heterocycles. The van der Waals surface area contributed by atoms with Gasteiger partial charge in [-0.05, 0) is 61.5 Å². The molecule has 0 bridgehead atoms. The van der Waals surface area contributed by atoms with Gasteiger partial charge in [-0.15, -0.1) is 0 Å². The van der Waals surface area contributed by atoms with Crippen molar-refractivity contribution in [3.05, 3.63) is 90.0 Å². The summed E-state index contributed by atoms with van der Waals surface area (Å²) in [6.45, 7) is 2.42. The zero-order valence-corrected chi connectivity index (χ0v) is 18.1. The SMILES string of the molecule is CCNC(=O)c1cccc(NC(=O)CNc2ccc(C(=O)N(C)c3ccccc3)cc2)c1. The largest absolute Gasteiger partial charge is 0.376 e. The molecule has 0 atom stereocenters. The Morgan fingerprint density at radius 3 is 2.22 bits per heavy atom. The van der Waals surface area contributed by atoms with Gasteiger partial charge in [-0.3, -0.25) is 14.4 Å². The van der Waals surface area contributed by atoms with Crippen LogP contribution < -0.4 is 20.9 Å². The highest BCUT2D eigenvalue weighted by Gasteiger charge is 2.13. The number of hydrogen-bond donors (Lipinski definition) is 3. The van der Waals surface area contributed by atoms with E-state index in [0.29, 0.717) is 23.4 Å². The van der Waals surface area contributed by atoms with Gasteiger partial charge in [-0.1, -0.05) is 24.3 Å². The average Bonchev–Trinajstić information content (AvgIpc) is 2.83.